The van der Waals surface area contributed by atoms with Crippen molar-refractivity contribution in [2.24, 2.45) is 39.7 Å². The van der Waals surface area contributed by atoms with Crippen molar-refractivity contribution in [1.29, 1.82) is 0 Å². The van der Waals surface area contributed by atoms with Crippen LogP contribution in [0.5, 0.6) is 0 Å². The molecule has 4 fully saturated rings. The molecule has 4 saturated carbocycles. The van der Waals surface area contributed by atoms with Crippen LogP contribution >= 0.6 is 11.8 Å². The highest BCUT2D eigenvalue weighted by Gasteiger charge is 2.61. The molecule has 4 aliphatic carbocycles. The van der Waals surface area contributed by atoms with Crippen molar-refractivity contribution in [2.45, 2.75) is 83.1 Å². The van der Waals surface area contributed by atoms with Gasteiger partial charge >= 0.3 is 12.1 Å². The monoisotopic (exact) mass is 488 g/mol. The average Bonchev–Trinajstić information content (AvgIpc) is 3.07. The number of hydrogen-bond donors (Lipinski definition) is 2. The van der Waals surface area contributed by atoms with Crippen LogP contribution in [0.2, 0.25) is 0 Å². The van der Waals surface area contributed by atoms with E-state index in [0.717, 1.165) is 50.7 Å². The van der Waals surface area contributed by atoms with Crippen molar-refractivity contribution in [2.75, 3.05) is 12.3 Å². The van der Waals surface area contributed by atoms with E-state index in [4.69, 9.17) is 0 Å². The first-order chi connectivity index (χ1) is 15.5. The fraction of sp³-hybridized carbons (Fsp3) is 0.875. The second-order valence-electron chi connectivity index (χ2n) is 11.0. The summed E-state index contributed by atoms with van der Waals surface area (Å²) in [4.78, 5) is 23.5. The minimum Gasteiger partial charge on any atom is -0.411 e. The molecular formula is C24H35F3N2O3S. The highest BCUT2D eigenvalue weighted by atomic mass is 32.2. The lowest BCUT2D eigenvalue weighted by molar-refractivity contribution is -0.173. The van der Waals surface area contributed by atoms with E-state index in [1.165, 1.54) is 0 Å². The van der Waals surface area contributed by atoms with Gasteiger partial charge in [0.2, 0.25) is 0 Å². The maximum Gasteiger partial charge on any atom is 0.471 e. The molecule has 2 N–H and O–H groups in total. The maximum absolute atomic E-state index is 12.6. The number of nitrogens with zero attached hydrogens (tertiary/aromatic N) is 1. The van der Waals surface area contributed by atoms with E-state index >= 15 is 0 Å². The van der Waals surface area contributed by atoms with Gasteiger partial charge in [-0.25, -0.2) is 0 Å². The minimum atomic E-state index is -4.83. The van der Waals surface area contributed by atoms with E-state index in [0.29, 0.717) is 47.4 Å². The second kappa shape index (κ2) is 9.08. The second-order valence-corrected chi connectivity index (χ2v) is 12.4. The number of amides is 1. The number of thioether (sulfide) groups is 1. The van der Waals surface area contributed by atoms with Gasteiger partial charge in [-0.3, -0.25) is 9.59 Å². The van der Waals surface area contributed by atoms with Crippen molar-refractivity contribution < 1.29 is 28.0 Å². The predicted molar refractivity (Wildman–Crippen MR) is 121 cm³/mol. The third-order valence-corrected chi connectivity index (χ3v) is 10.9. The topological polar surface area (TPSA) is 78.8 Å². The molecule has 0 aromatic rings. The molecule has 0 radical (unpaired) electrons. The van der Waals surface area contributed by atoms with E-state index in [1.807, 2.05) is 5.32 Å². The molecule has 1 amide bonds. The summed E-state index contributed by atoms with van der Waals surface area (Å²) in [6, 6.07) is 0. The summed E-state index contributed by atoms with van der Waals surface area (Å²) in [7, 11) is 0. The Bertz CT molecular complexity index is 819. The van der Waals surface area contributed by atoms with Crippen LogP contribution in [0.3, 0.4) is 0 Å². The Morgan fingerprint density at radius 2 is 1.97 bits per heavy atom. The number of oxime groups is 1. The first-order valence-corrected chi connectivity index (χ1v) is 13.3. The Labute approximate surface area is 197 Å². The number of carbonyl (C=O) groups excluding carboxylic acids is 2. The molecular weight excluding hydrogens is 453 g/mol. The molecule has 0 spiro atoms. The Morgan fingerprint density at radius 1 is 1.21 bits per heavy atom. The van der Waals surface area contributed by atoms with Gasteiger partial charge in [0.25, 0.3) is 0 Å². The van der Waals surface area contributed by atoms with Gasteiger partial charge in [-0.15, -0.1) is 0 Å². The molecule has 0 aliphatic heterocycles. The predicted octanol–water partition coefficient (Wildman–Crippen LogP) is 5.21. The van der Waals surface area contributed by atoms with Gasteiger partial charge in [-0.2, -0.15) is 24.9 Å². The molecule has 186 valence electrons. The summed E-state index contributed by atoms with van der Waals surface area (Å²) >= 11 is 1.75. The van der Waals surface area contributed by atoms with Gasteiger partial charge < -0.3 is 10.5 Å². The number of halogens is 3. The fourth-order valence-electron chi connectivity index (χ4n) is 7.69. The van der Waals surface area contributed by atoms with Crippen LogP contribution in [-0.4, -0.2) is 46.3 Å². The minimum absolute atomic E-state index is 0.0190. The van der Waals surface area contributed by atoms with E-state index in [-0.39, 0.29) is 23.3 Å². The number of ketones is 1. The summed E-state index contributed by atoms with van der Waals surface area (Å²) in [6.45, 7) is 4.52. The largest absolute Gasteiger partial charge is 0.471 e. The lowest BCUT2D eigenvalue weighted by atomic mass is 9.45. The number of rotatable bonds is 5. The Balaban J connectivity index is 1.36. The quantitative estimate of drug-likeness (QED) is 0.316. The van der Waals surface area contributed by atoms with E-state index < -0.39 is 12.1 Å². The third kappa shape index (κ3) is 4.43. The van der Waals surface area contributed by atoms with Gasteiger partial charge in [0.1, 0.15) is 5.78 Å². The van der Waals surface area contributed by atoms with Crippen molar-refractivity contribution >= 4 is 29.2 Å². The molecule has 4 rings (SSSR count). The Kier molecular flexibility index (Phi) is 6.84. The molecule has 9 heteroatoms. The standard InChI is InChI=1S/C24H35F3N2O3S/c1-22-8-6-14(33-11-3-10-28-21(31)24(25,26)27)12-18(22)19(29-32)13-15-16-4-5-20(30)23(16,2)9-7-17(15)22/h14-18,32H,3-13H2,1-2H3,(H,28,31)/b29-19+/t14-,15-,16-,17-,18?,22+,23-/m0/s1. The summed E-state index contributed by atoms with van der Waals surface area (Å²) in [5, 5.41) is 16.0. The molecule has 4 aliphatic rings. The SMILES string of the molecule is C[C@]12CC[C@H](SCCCNC(=O)C(F)(F)F)CC1/C(=N/O)C[C@@H]1[C@@H]2CC[C@]2(C)C(=O)CC[C@@H]12. The molecule has 0 heterocycles. The molecule has 0 aromatic heterocycles. The Hall–Kier alpha value is -1.25. The zero-order valence-corrected chi connectivity index (χ0v) is 20.2. The van der Waals surface area contributed by atoms with Crippen LogP contribution in [0.4, 0.5) is 13.2 Å². The van der Waals surface area contributed by atoms with Crippen molar-refractivity contribution in [1.82, 2.24) is 5.32 Å². The van der Waals surface area contributed by atoms with Crippen LogP contribution in [0.15, 0.2) is 5.16 Å². The summed E-state index contributed by atoms with van der Waals surface area (Å²) in [5.74, 6) is 0.760. The van der Waals surface area contributed by atoms with E-state index in [9.17, 15) is 28.0 Å². The van der Waals surface area contributed by atoms with Crippen LogP contribution < -0.4 is 5.32 Å². The van der Waals surface area contributed by atoms with Gasteiger partial charge in [-0.1, -0.05) is 19.0 Å². The van der Waals surface area contributed by atoms with Crippen molar-refractivity contribution in [3.8, 4) is 0 Å². The molecule has 5 nitrogen and oxygen atoms in total. The zero-order valence-electron chi connectivity index (χ0n) is 19.4. The number of Topliss-reactive ketones (excluding diaryl/α,β-unsaturated/α-hetero) is 1. The number of fused-ring (bicyclic) bond motifs is 5. The molecule has 33 heavy (non-hydrogen) atoms. The zero-order chi connectivity index (χ0) is 24.0. The van der Waals surface area contributed by atoms with Gasteiger partial charge in [0.05, 0.1) is 5.71 Å². The van der Waals surface area contributed by atoms with Crippen LogP contribution in [0.25, 0.3) is 0 Å². The molecule has 0 saturated heterocycles. The first-order valence-electron chi connectivity index (χ1n) is 12.2. The summed E-state index contributed by atoms with van der Waals surface area (Å²) in [6.07, 6.45) is 3.09. The van der Waals surface area contributed by atoms with E-state index in [1.54, 1.807) is 11.8 Å². The van der Waals surface area contributed by atoms with Gasteiger partial charge in [-0.05, 0) is 80.3 Å². The summed E-state index contributed by atoms with van der Waals surface area (Å²) < 4.78 is 36.8. The fourth-order valence-corrected chi connectivity index (χ4v) is 8.95. The van der Waals surface area contributed by atoms with Crippen LogP contribution in [0.1, 0.15) is 71.6 Å². The highest BCUT2D eigenvalue weighted by molar-refractivity contribution is 7.99. The van der Waals surface area contributed by atoms with Gasteiger partial charge in [0, 0.05) is 29.5 Å². The number of alkyl halides is 3. The molecule has 1 unspecified atom stereocenters. The highest BCUT2D eigenvalue weighted by Crippen LogP contribution is 2.65. The number of hydrogen-bond acceptors (Lipinski definition) is 5. The average molecular weight is 489 g/mol. The third-order valence-electron chi connectivity index (χ3n) is 9.49. The lowest BCUT2D eigenvalue weighted by Gasteiger charge is -2.60. The Morgan fingerprint density at radius 3 is 2.67 bits per heavy atom. The van der Waals surface area contributed by atoms with Crippen LogP contribution in [-0.2, 0) is 9.59 Å². The van der Waals surface area contributed by atoms with Crippen molar-refractivity contribution in [3.05, 3.63) is 0 Å². The molecule has 0 aromatic carbocycles. The molecule has 7 atom stereocenters. The first kappa shape index (κ1) is 24.9. The van der Waals surface area contributed by atoms with E-state index in [2.05, 4.69) is 19.0 Å². The maximum atomic E-state index is 12.6. The lowest BCUT2D eigenvalue weighted by Crippen LogP contribution is -2.56. The van der Waals surface area contributed by atoms with Crippen LogP contribution in [0, 0.1) is 34.5 Å². The normalized spacial score (nSPS) is 41.9. The van der Waals surface area contributed by atoms with Gasteiger partial charge in [0.15, 0.2) is 0 Å². The van der Waals surface area contributed by atoms with Crippen molar-refractivity contribution in [3.63, 3.8) is 0 Å². The molecule has 0 bridgehead atoms. The summed E-state index contributed by atoms with van der Waals surface area (Å²) in [5.41, 5.74) is 0.736. The number of nitrogens with one attached hydrogen (secondary N) is 1. The number of carbonyl (C=O) groups is 2. The smallest absolute Gasteiger partial charge is 0.411 e.